The van der Waals surface area contributed by atoms with Crippen LogP contribution in [-0.2, 0) is 0 Å². The van der Waals surface area contributed by atoms with Crippen LogP contribution in [-0.4, -0.2) is 31.9 Å². The lowest BCUT2D eigenvalue weighted by Gasteiger charge is -2.07. The smallest absolute Gasteiger partial charge is 0.225 e. The van der Waals surface area contributed by atoms with Gasteiger partial charge in [-0.3, -0.25) is 9.36 Å². The Morgan fingerprint density at radius 1 is 1.20 bits per heavy atom. The van der Waals surface area contributed by atoms with Gasteiger partial charge in [-0.25, -0.2) is 15.0 Å². The van der Waals surface area contributed by atoms with E-state index in [1.54, 1.807) is 6.20 Å². The average molecular weight is 370 g/mol. The van der Waals surface area contributed by atoms with Crippen molar-refractivity contribution in [3.63, 3.8) is 0 Å². The van der Waals surface area contributed by atoms with Crippen LogP contribution in [0.5, 0.6) is 5.88 Å². The number of ketones is 1. The molecule has 0 fully saturated rings. The Labute approximate surface area is 151 Å². The number of nitrogens with zero attached hydrogens (tertiary/aromatic N) is 4. The molecule has 0 saturated heterocycles. The standard InChI is InChI=1S/C17H14N4O2S2/c1-10-7-13(11(2)21(10)17-18-4-6-25-17)14(22)8-23-15-12-3-5-24-16(12)20-9-19-15/h3-7,9H,8H2,1-2H3. The van der Waals surface area contributed by atoms with Crippen LogP contribution in [0.2, 0.25) is 0 Å². The minimum absolute atomic E-state index is 0.0654. The van der Waals surface area contributed by atoms with Gasteiger partial charge < -0.3 is 4.74 Å². The molecule has 0 bridgehead atoms. The van der Waals surface area contributed by atoms with Crippen molar-refractivity contribution in [2.75, 3.05) is 6.61 Å². The maximum atomic E-state index is 12.7. The van der Waals surface area contributed by atoms with Gasteiger partial charge in [0.1, 0.15) is 11.2 Å². The van der Waals surface area contributed by atoms with Crippen molar-refractivity contribution in [2.24, 2.45) is 0 Å². The monoisotopic (exact) mass is 370 g/mol. The Kier molecular flexibility index (Phi) is 4.06. The molecule has 0 N–H and O–H groups in total. The molecule has 4 aromatic rings. The summed E-state index contributed by atoms with van der Waals surface area (Å²) in [6.45, 7) is 3.82. The number of fused-ring (bicyclic) bond motifs is 1. The van der Waals surface area contributed by atoms with Gasteiger partial charge in [-0.2, -0.15) is 0 Å². The minimum atomic E-state index is -0.0853. The molecule has 0 aromatic carbocycles. The Hall–Kier alpha value is -2.58. The number of carbonyl (C=O) groups excluding carboxylic acids is 1. The molecular formula is C17H14N4O2S2. The zero-order valence-corrected chi connectivity index (χ0v) is 15.2. The number of thiophene rings is 1. The number of carbonyl (C=O) groups is 1. The van der Waals surface area contributed by atoms with Crippen molar-refractivity contribution in [1.29, 1.82) is 0 Å². The molecule has 126 valence electrons. The van der Waals surface area contributed by atoms with Gasteiger partial charge in [-0.05, 0) is 31.4 Å². The lowest BCUT2D eigenvalue weighted by molar-refractivity contribution is 0.0918. The minimum Gasteiger partial charge on any atom is -0.469 e. The molecule has 0 atom stereocenters. The third-order valence-electron chi connectivity index (χ3n) is 3.91. The summed E-state index contributed by atoms with van der Waals surface area (Å²) in [7, 11) is 0. The SMILES string of the molecule is Cc1cc(C(=O)COc2ncnc3sccc23)c(C)n1-c1nccs1. The van der Waals surface area contributed by atoms with E-state index in [1.807, 2.05) is 41.3 Å². The van der Waals surface area contributed by atoms with Gasteiger partial charge in [0.25, 0.3) is 0 Å². The molecule has 0 amide bonds. The summed E-state index contributed by atoms with van der Waals surface area (Å²) in [6.07, 6.45) is 3.21. The van der Waals surface area contributed by atoms with Gasteiger partial charge in [-0.15, -0.1) is 22.7 Å². The Balaban J connectivity index is 1.58. The normalized spacial score (nSPS) is 11.1. The van der Waals surface area contributed by atoms with E-state index in [1.165, 1.54) is 29.0 Å². The lowest BCUT2D eigenvalue weighted by Crippen LogP contribution is -2.13. The van der Waals surface area contributed by atoms with Gasteiger partial charge >= 0.3 is 0 Å². The van der Waals surface area contributed by atoms with Crippen LogP contribution in [0.15, 0.2) is 35.4 Å². The fourth-order valence-corrected chi connectivity index (χ4v) is 4.23. The Morgan fingerprint density at radius 2 is 2.08 bits per heavy atom. The summed E-state index contributed by atoms with van der Waals surface area (Å²) in [5.41, 5.74) is 2.48. The van der Waals surface area contributed by atoms with E-state index in [2.05, 4.69) is 15.0 Å². The van der Waals surface area contributed by atoms with Crippen molar-refractivity contribution in [2.45, 2.75) is 13.8 Å². The van der Waals surface area contributed by atoms with Crippen molar-refractivity contribution in [3.05, 3.63) is 52.4 Å². The van der Waals surface area contributed by atoms with E-state index >= 15 is 0 Å². The first-order chi connectivity index (χ1) is 12.1. The average Bonchev–Trinajstić information content (AvgIpc) is 3.33. The van der Waals surface area contributed by atoms with Crippen molar-refractivity contribution in [1.82, 2.24) is 19.5 Å². The highest BCUT2D eigenvalue weighted by atomic mass is 32.1. The highest BCUT2D eigenvalue weighted by molar-refractivity contribution is 7.16. The van der Waals surface area contributed by atoms with E-state index in [0.717, 1.165) is 26.7 Å². The molecule has 0 spiro atoms. The largest absolute Gasteiger partial charge is 0.469 e. The second kappa shape index (κ2) is 6.38. The molecule has 4 aromatic heterocycles. The predicted molar refractivity (Wildman–Crippen MR) is 98.2 cm³/mol. The number of thiazole rings is 1. The number of rotatable bonds is 5. The van der Waals surface area contributed by atoms with Crippen LogP contribution in [0.1, 0.15) is 21.7 Å². The quantitative estimate of drug-likeness (QED) is 0.500. The number of ether oxygens (including phenoxy) is 1. The van der Waals surface area contributed by atoms with Crippen LogP contribution < -0.4 is 4.74 Å². The number of hydrogen-bond acceptors (Lipinski definition) is 7. The van der Waals surface area contributed by atoms with Crippen LogP contribution >= 0.6 is 22.7 Å². The summed E-state index contributed by atoms with van der Waals surface area (Å²) in [5, 5.41) is 5.52. The molecule has 0 aliphatic carbocycles. The molecular weight excluding hydrogens is 356 g/mol. The topological polar surface area (TPSA) is 69.9 Å². The lowest BCUT2D eigenvalue weighted by atomic mass is 10.1. The first-order valence-electron chi connectivity index (χ1n) is 7.58. The summed E-state index contributed by atoms with van der Waals surface area (Å²) in [6, 6.07) is 3.77. The maximum absolute atomic E-state index is 12.7. The van der Waals surface area contributed by atoms with Gasteiger partial charge in [0, 0.05) is 28.5 Å². The highest BCUT2D eigenvalue weighted by Gasteiger charge is 2.19. The number of aromatic nitrogens is 4. The van der Waals surface area contributed by atoms with E-state index < -0.39 is 0 Å². The third kappa shape index (κ3) is 2.83. The molecule has 4 heterocycles. The summed E-state index contributed by atoms with van der Waals surface area (Å²) < 4.78 is 7.66. The van der Waals surface area contributed by atoms with E-state index in [0.29, 0.717) is 11.4 Å². The fraction of sp³-hybridized carbons (Fsp3) is 0.176. The van der Waals surface area contributed by atoms with Crippen molar-refractivity contribution < 1.29 is 9.53 Å². The predicted octanol–water partition coefficient (Wildman–Crippen LogP) is 3.82. The summed E-state index contributed by atoms with van der Waals surface area (Å²) in [5.74, 6) is 0.353. The molecule has 0 aliphatic heterocycles. The number of hydrogen-bond donors (Lipinski definition) is 0. The summed E-state index contributed by atoms with van der Waals surface area (Å²) >= 11 is 3.05. The number of Topliss-reactive ketones (excluding diaryl/α,β-unsaturated/α-hetero) is 1. The van der Waals surface area contributed by atoms with E-state index in [4.69, 9.17) is 4.74 Å². The van der Waals surface area contributed by atoms with E-state index in [-0.39, 0.29) is 12.4 Å². The third-order valence-corrected chi connectivity index (χ3v) is 5.48. The van der Waals surface area contributed by atoms with Gasteiger partial charge in [0.15, 0.2) is 11.7 Å². The molecule has 0 aliphatic rings. The van der Waals surface area contributed by atoms with Crippen molar-refractivity contribution >= 4 is 38.7 Å². The first kappa shape index (κ1) is 15.9. The van der Waals surface area contributed by atoms with Gasteiger partial charge in [0.2, 0.25) is 11.7 Å². The number of aryl methyl sites for hydroxylation is 1. The van der Waals surface area contributed by atoms with Crippen LogP contribution in [0, 0.1) is 13.8 Å². The Bertz CT molecular complexity index is 1050. The zero-order chi connectivity index (χ0) is 17.4. The fourth-order valence-electron chi connectivity index (χ4n) is 2.76. The molecule has 0 saturated carbocycles. The van der Waals surface area contributed by atoms with Crippen LogP contribution in [0.4, 0.5) is 0 Å². The molecule has 4 rings (SSSR count). The molecule has 0 unspecified atom stereocenters. The maximum Gasteiger partial charge on any atom is 0.225 e. The van der Waals surface area contributed by atoms with E-state index in [9.17, 15) is 4.79 Å². The zero-order valence-electron chi connectivity index (χ0n) is 13.6. The molecule has 25 heavy (non-hydrogen) atoms. The van der Waals surface area contributed by atoms with Crippen LogP contribution in [0.3, 0.4) is 0 Å². The molecule has 8 heteroatoms. The molecule has 6 nitrogen and oxygen atoms in total. The Morgan fingerprint density at radius 3 is 2.88 bits per heavy atom. The second-order valence-electron chi connectivity index (χ2n) is 5.46. The van der Waals surface area contributed by atoms with Gasteiger partial charge in [0.05, 0.1) is 5.39 Å². The summed E-state index contributed by atoms with van der Waals surface area (Å²) in [4.78, 5) is 26.1. The van der Waals surface area contributed by atoms with Crippen molar-refractivity contribution in [3.8, 4) is 11.0 Å². The highest BCUT2D eigenvalue weighted by Crippen LogP contribution is 2.26. The molecule has 0 radical (unpaired) electrons. The first-order valence-corrected chi connectivity index (χ1v) is 9.34. The van der Waals surface area contributed by atoms with Gasteiger partial charge in [-0.1, -0.05) is 0 Å². The van der Waals surface area contributed by atoms with Crippen LogP contribution in [0.25, 0.3) is 15.3 Å². The second-order valence-corrected chi connectivity index (χ2v) is 7.23.